The van der Waals surface area contributed by atoms with E-state index in [4.69, 9.17) is 4.74 Å². The van der Waals surface area contributed by atoms with Crippen LogP contribution in [-0.4, -0.2) is 47.7 Å². The zero-order valence-corrected chi connectivity index (χ0v) is 16.0. The quantitative estimate of drug-likeness (QED) is 0.738. The molecule has 2 aliphatic rings. The fourth-order valence-electron chi connectivity index (χ4n) is 4.42. The Hall–Kier alpha value is -1.69. The molecule has 1 N–H and O–H groups in total. The number of piperidine rings is 1. The van der Waals surface area contributed by atoms with Gasteiger partial charge in [-0.3, -0.25) is 4.98 Å². The smallest absolute Gasteiger partial charge is 0.0734 e. The van der Waals surface area contributed by atoms with Gasteiger partial charge in [0.25, 0.3) is 0 Å². The second-order valence-corrected chi connectivity index (χ2v) is 9.21. The first-order valence-corrected chi connectivity index (χ1v) is 10.3. The number of thiophene rings is 1. The Kier molecular flexibility index (Phi) is 4.11. The summed E-state index contributed by atoms with van der Waals surface area (Å²) >= 11 is 1.95. The van der Waals surface area contributed by atoms with Crippen LogP contribution in [0.3, 0.4) is 0 Å². The van der Waals surface area contributed by atoms with Crippen molar-refractivity contribution < 1.29 is 4.74 Å². The van der Waals surface area contributed by atoms with Gasteiger partial charge in [-0.2, -0.15) is 0 Å². The van der Waals surface area contributed by atoms with Gasteiger partial charge in [-0.05, 0) is 50.0 Å². The van der Waals surface area contributed by atoms with Gasteiger partial charge in [0.1, 0.15) is 0 Å². The highest BCUT2D eigenvalue weighted by Gasteiger charge is 2.36. The summed E-state index contributed by atoms with van der Waals surface area (Å²) in [7, 11) is 0. The van der Waals surface area contributed by atoms with E-state index in [0.29, 0.717) is 11.3 Å². The van der Waals surface area contributed by atoms with Crippen molar-refractivity contribution in [3.8, 4) is 11.3 Å². The number of fused-ring (bicyclic) bond motifs is 1. The molecule has 0 amide bonds. The number of rotatable bonds is 4. The number of H-pyrrole nitrogens is 1. The van der Waals surface area contributed by atoms with Crippen LogP contribution in [0.4, 0.5) is 0 Å². The molecule has 5 heterocycles. The van der Waals surface area contributed by atoms with Crippen LogP contribution in [0.1, 0.15) is 30.6 Å². The highest BCUT2D eigenvalue weighted by Crippen LogP contribution is 2.44. The molecule has 2 aliphatic heterocycles. The van der Waals surface area contributed by atoms with Crippen LogP contribution in [0.25, 0.3) is 21.5 Å². The van der Waals surface area contributed by atoms with Gasteiger partial charge in [0.2, 0.25) is 0 Å². The number of likely N-dealkylation sites (tertiary alicyclic amines) is 1. The standard InChI is InChI=1S/C21H25N3OS/c1-21(13-25-14-21)12-24-10-6-15(7-11-24)20-18(16-4-2-3-8-22-16)19-17(26-20)5-9-23-19/h2-5,8-9,15,23H,6-7,10-14H2,1H3. The molecule has 2 saturated heterocycles. The van der Waals surface area contributed by atoms with Crippen LogP contribution >= 0.6 is 11.3 Å². The molecule has 0 saturated carbocycles. The van der Waals surface area contributed by atoms with Crippen LogP contribution in [0.2, 0.25) is 0 Å². The number of pyridine rings is 1. The molecule has 26 heavy (non-hydrogen) atoms. The molecule has 0 bridgehead atoms. The van der Waals surface area contributed by atoms with E-state index in [1.54, 1.807) is 0 Å². The van der Waals surface area contributed by atoms with Crippen molar-refractivity contribution in [1.82, 2.24) is 14.9 Å². The summed E-state index contributed by atoms with van der Waals surface area (Å²) in [5.74, 6) is 0.638. The molecule has 5 rings (SSSR count). The lowest BCUT2D eigenvalue weighted by atomic mass is 9.86. The number of nitrogens with one attached hydrogen (secondary N) is 1. The van der Waals surface area contributed by atoms with Gasteiger partial charge in [0, 0.05) is 34.8 Å². The maximum Gasteiger partial charge on any atom is 0.0734 e. The van der Waals surface area contributed by atoms with Gasteiger partial charge in [-0.15, -0.1) is 11.3 Å². The highest BCUT2D eigenvalue weighted by molar-refractivity contribution is 7.19. The Bertz CT molecular complexity index is 889. The van der Waals surface area contributed by atoms with Crippen LogP contribution < -0.4 is 0 Å². The maximum absolute atomic E-state index is 5.42. The average molecular weight is 368 g/mol. The van der Waals surface area contributed by atoms with Crippen molar-refractivity contribution in [3.05, 3.63) is 41.5 Å². The fourth-order valence-corrected chi connectivity index (χ4v) is 5.76. The molecule has 0 unspecified atom stereocenters. The molecule has 3 aromatic rings. The molecule has 5 heteroatoms. The van der Waals surface area contributed by atoms with E-state index in [9.17, 15) is 0 Å². The van der Waals surface area contributed by atoms with Crippen LogP contribution in [0.15, 0.2) is 36.7 Å². The van der Waals surface area contributed by atoms with Gasteiger partial charge in [0.05, 0.1) is 29.1 Å². The van der Waals surface area contributed by atoms with E-state index in [-0.39, 0.29) is 0 Å². The summed E-state index contributed by atoms with van der Waals surface area (Å²) in [6, 6.07) is 8.41. The van der Waals surface area contributed by atoms with E-state index in [0.717, 1.165) is 18.9 Å². The second kappa shape index (κ2) is 6.48. The third-order valence-corrected chi connectivity index (χ3v) is 7.13. The maximum atomic E-state index is 5.42. The van der Waals surface area contributed by atoms with E-state index < -0.39 is 0 Å². The predicted molar refractivity (Wildman–Crippen MR) is 107 cm³/mol. The molecular weight excluding hydrogens is 342 g/mol. The third-order valence-electron chi connectivity index (χ3n) is 5.81. The summed E-state index contributed by atoms with van der Waals surface area (Å²) in [5.41, 5.74) is 4.06. The second-order valence-electron chi connectivity index (χ2n) is 8.13. The number of aromatic nitrogens is 2. The Morgan fingerprint density at radius 3 is 2.81 bits per heavy atom. The highest BCUT2D eigenvalue weighted by atomic mass is 32.1. The minimum Gasteiger partial charge on any atom is -0.380 e. The number of hydrogen-bond donors (Lipinski definition) is 1. The third kappa shape index (κ3) is 2.88. The summed E-state index contributed by atoms with van der Waals surface area (Å²) < 4.78 is 6.77. The van der Waals surface area contributed by atoms with E-state index >= 15 is 0 Å². The van der Waals surface area contributed by atoms with Crippen LogP contribution in [-0.2, 0) is 4.74 Å². The molecular formula is C21H25N3OS. The Balaban J connectivity index is 1.39. The van der Waals surface area contributed by atoms with Gasteiger partial charge >= 0.3 is 0 Å². The fraction of sp³-hybridized carbons (Fsp3) is 0.476. The predicted octanol–water partition coefficient (Wildman–Crippen LogP) is 4.51. The molecule has 136 valence electrons. The molecule has 4 nitrogen and oxygen atoms in total. The van der Waals surface area contributed by atoms with Gasteiger partial charge in [0.15, 0.2) is 0 Å². The first-order valence-electron chi connectivity index (χ1n) is 9.53. The normalized spacial score (nSPS) is 21.1. The van der Waals surface area contributed by atoms with Crippen molar-refractivity contribution >= 4 is 21.6 Å². The van der Waals surface area contributed by atoms with E-state index in [2.05, 4.69) is 40.0 Å². The number of aromatic amines is 1. The Labute approximate surface area is 158 Å². The molecule has 0 aliphatic carbocycles. The SMILES string of the molecule is CC1(CN2CCC(c3sc4cc[nH]c4c3-c3ccccn3)CC2)COC1. The van der Waals surface area contributed by atoms with Gasteiger partial charge < -0.3 is 14.6 Å². The summed E-state index contributed by atoms with van der Waals surface area (Å²) in [6.45, 7) is 7.75. The monoisotopic (exact) mass is 367 g/mol. The number of nitrogens with zero attached hydrogens (tertiary/aromatic N) is 2. The Morgan fingerprint density at radius 2 is 2.12 bits per heavy atom. The molecule has 3 aromatic heterocycles. The zero-order chi connectivity index (χ0) is 17.6. The lowest BCUT2D eigenvalue weighted by Gasteiger charge is -2.43. The largest absolute Gasteiger partial charge is 0.380 e. The van der Waals surface area contributed by atoms with E-state index in [1.807, 2.05) is 29.8 Å². The van der Waals surface area contributed by atoms with Crippen molar-refractivity contribution in [2.24, 2.45) is 5.41 Å². The summed E-state index contributed by atoms with van der Waals surface area (Å²) in [5, 5.41) is 0. The lowest BCUT2D eigenvalue weighted by Crippen LogP contribution is -2.50. The zero-order valence-electron chi connectivity index (χ0n) is 15.2. The van der Waals surface area contributed by atoms with Crippen molar-refractivity contribution in [2.75, 3.05) is 32.8 Å². The molecule has 0 spiro atoms. The molecule has 0 aromatic carbocycles. The molecule has 2 fully saturated rings. The topological polar surface area (TPSA) is 41.2 Å². The van der Waals surface area contributed by atoms with E-state index in [1.165, 1.54) is 53.1 Å². The number of ether oxygens (including phenoxy) is 1. The molecule has 0 radical (unpaired) electrons. The number of hydrogen-bond acceptors (Lipinski definition) is 4. The van der Waals surface area contributed by atoms with Gasteiger partial charge in [-0.25, -0.2) is 0 Å². The summed E-state index contributed by atoms with van der Waals surface area (Å²) in [4.78, 5) is 12.3. The lowest BCUT2D eigenvalue weighted by molar-refractivity contribution is -0.116. The minimum absolute atomic E-state index is 0.380. The van der Waals surface area contributed by atoms with Crippen molar-refractivity contribution in [1.29, 1.82) is 0 Å². The van der Waals surface area contributed by atoms with Gasteiger partial charge in [-0.1, -0.05) is 13.0 Å². The molecule has 0 atom stereocenters. The minimum atomic E-state index is 0.380. The van der Waals surface area contributed by atoms with Crippen molar-refractivity contribution in [2.45, 2.75) is 25.7 Å². The van der Waals surface area contributed by atoms with Crippen molar-refractivity contribution in [3.63, 3.8) is 0 Å². The van der Waals surface area contributed by atoms with Crippen LogP contribution in [0, 0.1) is 5.41 Å². The first kappa shape index (κ1) is 16.5. The average Bonchev–Trinajstić information content (AvgIpc) is 3.23. The summed E-state index contributed by atoms with van der Waals surface area (Å²) in [6.07, 6.45) is 6.41. The first-order chi connectivity index (χ1) is 12.7. The Morgan fingerprint density at radius 1 is 1.27 bits per heavy atom. The van der Waals surface area contributed by atoms with Crippen LogP contribution in [0.5, 0.6) is 0 Å².